The molecule has 0 spiro atoms. The number of carbonyl (C=O) groups excluding carboxylic acids is 3. The first-order chi connectivity index (χ1) is 12.8. The van der Waals surface area contributed by atoms with Crippen LogP contribution in [0.15, 0.2) is 0 Å². The molecule has 0 aromatic rings. The lowest BCUT2D eigenvalue weighted by Gasteiger charge is -2.28. The predicted molar refractivity (Wildman–Crippen MR) is 108 cm³/mol. The Morgan fingerprint density at radius 3 is 2.22 bits per heavy atom. The van der Waals surface area contributed by atoms with Gasteiger partial charge in [-0.3, -0.25) is 9.59 Å². The number of hydrogen-bond donors (Lipinski definition) is 3. The second-order valence-electron chi connectivity index (χ2n) is 8.60. The molecule has 156 valence electrons. The van der Waals surface area contributed by atoms with Crippen LogP contribution in [-0.4, -0.2) is 36.2 Å². The SMILES string of the molecule is CC[C@H](C)[C@H](NC(=O)[C@@H](N)CC(C)C)C(=O)N[C@H](C=O)CC1CCCCC1. The van der Waals surface area contributed by atoms with Crippen molar-refractivity contribution in [3.8, 4) is 0 Å². The molecular formula is C21H39N3O3. The van der Waals surface area contributed by atoms with Crippen molar-refractivity contribution < 1.29 is 14.4 Å². The maximum absolute atomic E-state index is 12.8. The molecular weight excluding hydrogens is 342 g/mol. The molecule has 0 aliphatic heterocycles. The van der Waals surface area contributed by atoms with Crippen molar-refractivity contribution >= 4 is 18.1 Å². The summed E-state index contributed by atoms with van der Waals surface area (Å²) in [6.45, 7) is 7.91. The number of carbonyl (C=O) groups is 3. The fourth-order valence-corrected chi connectivity index (χ4v) is 3.78. The third-order valence-corrected chi connectivity index (χ3v) is 5.66. The Kier molecular flexibility index (Phi) is 10.6. The van der Waals surface area contributed by atoms with E-state index in [1.54, 1.807) is 0 Å². The van der Waals surface area contributed by atoms with Gasteiger partial charge in [-0.1, -0.05) is 66.2 Å². The van der Waals surface area contributed by atoms with Crippen molar-refractivity contribution in [3.63, 3.8) is 0 Å². The van der Waals surface area contributed by atoms with Crippen molar-refractivity contribution in [1.82, 2.24) is 10.6 Å². The zero-order chi connectivity index (χ0) is 20.4. The Labute approximate surface area is 164 Å². The summed E-state index contributed by atoms with van der Waals surface area (Å²) in [6, 6.07) is -1.80. The maximum atomic E-state index is 12.8. The standard InChI is InChI=1S/C21H39N3O3/c1-5-15(4)19(24-20(26)18(22)11-14(2)3)21(27)23-17(13-25)12-16-9-7-6-8-10-16/h13-19H,5-12,22H2,1-4H3,(H,23,27)(H,24,26)/t15-,17-,18-,19-/m0/s1. The van der Waals surface area contributed by atoms with Crippen LogP contribution in [0.5, 0.6) is 0 Å². The lowest BCUT2D eigenvalue weighted by Crippen LogP contribution is -2.56. The van der Waals surface area contributed by atoms with E-state index < -0.39 is 18.1 Å². The number of nitrogens with one attached hydrogen (secondary N) is 2. The van der Waals surface area contributed by atoms with Crippen molar-refractivity contribution in [1.29, 1.82) is 0 Å². The lowest BCUT2D eigenvalue weighted by atomic mass is 9.85. The molecule has 0 radical (unpaired) electrons. The summed E-state index contributed by atoms with van der Waals surface area (Å²) in [6.07, 6.45) is 8.72. The van der Waals surface area contributed by atoms with Gasteiger partial charge >= 0.3 is 0 Å². The van der Waals surface area contributed by atoms with Gasteiger partial charge in [-0.15, -0.1) is 0 Å². The quantitative estimate of drug-likeness (QED) is 0.479. The fourth-order valence-electron chi connectivity index (χ4n) is 3.78. The lowest BCUT2D eigenvalue weighted by molar-refractivity contribution is -0.132. The number of rotatable bonds is 11. The molecule has 4 atom stereocenters. The Hall–Kier alpha value is -1.43. The van der Waals surface area contributed by atoms with Gasteiger partial charge in [0.1, 0.15) is 12.3 Å². The molecule has 4 N–H and O–H groups in total. The van der Waals surface area contributed by atoms with Crippen molar-refractivity contribution in [2.45, 2.75) is 97.2 Å². The molecule has 1 aliphatic carbocycles. The summed E-state index contributed by atoms with van der Waals surface area (Å²) in [5.41, 5.74) is 5.96. The van der Waals surface area contributed by atoms with Crippen LogP contribution in [0.1, 0.15) is 79.1 Å². The molecule has 6 nitrogen and oxygen atoms in total. The number of aldehydes is 1. The Balaban J connectivity index is 2.69. The Morgan fingerprint density at radius 1 is 1.07 bits per heavy atom. The number of amides is 2. The van der Waals surface area contributed by atoms with Gasteiger partial charge in [0.15, 0.2) is 0 Å². The third kappa shape index (κ3) is 8.41. The second kappa shape index (κ2) is 12.1. The molecule has 27 heavy (non-hydrogen) atoms. The second-order valence-corrected chi connectivity index (χ2v) is 8.60. The van der Waals surface area contributed by atoms with Crippen LogP contribution in [-0.2, 0) is 14.4 Å². The van der Waals surface area contributed by atoms with E-state index >= 15 is 0 Å². The van der Waals surface area contributed by atoms with Gasteiger partial charge < -0.3 is 21.2 Å². The largest absolute Gasteiger partial charge is 0.345 e. The van der Waals surface area contributed by atoms with E-state index in [0.717, 1.165) is 25.5 Å². The minimum Gasteiger partial charge on any atom is -0.345 e. The monoisotopic (exact) mass is 381 g/mol. The van der Waals surface area contributed by atoms with E-state index in [9.17, 15) is 14.4 Å². The van der Waals surface area contributed by atoms with Gasteiger partial charge in [0.25, 0.3) is 0 Å². The van der Waals surface area contributed by atoms with Crippen LogP contribution >= 0.6 is 0 Å². The van der Waals surface area contributed by atoms with Crippen molar-refractivity contribution in [2.24, 2.45) is 23.5 Å². The van der Waals surface area contributed by atoms with E-state index in [0.29, 0.717) is 24.7 Å². The Bertz CT molecular complexity index is 475. The van der Waals surface area contributed by atoms with Gasteiger partial charge in [0.05, 0.1) is 12.1 Å². The molecule has 0 aromatic carbocycles. The van der Waals surface area contributed by atoms with E-state index in [-0.39, 0.29) is 17.7 Å². The first-order valence-electron chi connectivity index (χ1n) is 10.6. The van der Waals surface area contributed by atoms with Crippen LogP contribution in [0, 0.1) is 17.8 Å². The molecule has 1 saturated carbocycles. The topological polar surface area (TPSA) is 101 Å². The molecule has 0 saturated heterocycles. The number of nitrogens with two attached hydrogens (primary N) is 1. The summed E-state index contributed by atoms with van der Waals surface area (Å²) in [4.78, 5) is 36.7. The molecule has 1 aliphatic rings. The van der Waals surface area contributed by atoms with Crippen LogP contribution in [0.3, 0.4) is 0 Å². The first-order valence-corrected chi connectivity index (χ1v) is 10.6. The maximum Gasteiger partial charge on any atom is 0.243 e. The van der Waals surface area contributed by atoms with Crippen LogP contribution in [0.2, 0.25) is 0 Å². The van der Waals surface area contributed by atoms with Gasteiger partial charge in [-0.25, -0.2) is 0 Å². The van der Waals surface area contributed by atoms with Gasteiger partial charge in [0.2, 0.25) is 11.8 Å². The van der Waals surface area contributed by atoms with Crippen LogP contribution in [0.25, 0.3) is 0 Å². The van der Waals surface area contributed by atoms with E-state index in [2.05, 4.69) is 10.6 Å². The highest BCUT2D eigenvalue weighted by atomic mass is 16.2. The third-order valence-electron chi connectivity index (χ3n) is 5.66. The fraction of sp³-hybridized carbons (Fsp3) is 0.857. The van der Waals surface area contributed by atoms with Gasteiger partial charge in [-0.05, 0) is 30.6 Å². The van der Waals surface area contributed by atoms with Crippen LogP contribution in [0.4, 0.5) is 0 Å². The normalized spacial score (nSPS) is 19.8. The highest BCUT2D eigenvalue weighted by Crippen LogP contribution is 2.27. The smallest absolute Gasteiger partial charge is 0.243 e. The van der Waals surface area contributed by atoms with Crippen molar-refractivity contribution in [3.05, 3.63) is 0 Å². The summed E-state index contributed by atoms with van der Waals surface area (Å²) < 4.78 is 0. The minimum absolute atomic E-state index is 0.0396. The minimum atomic E-state index is -0.672. The van der Waals surface area contributed by atoms with Crippen LogP contribution < -0.4 is 16.4 Å². The molecule has 0 heterocycles. The molecule has 6 heteroatoms. The molecule has 1 fully saturated rings. The molecule has 0 aromatic heterocycles. The van der Waals surface area contributed by atoms with E-state index in [1.807, 2.05) is 27.7 Å². The average Bonchev–Trinajstić information content (AvgIpc) is 2.64. The Morgan fingerprint density at radius 2 is 1.70 bits per heavy atom. The van der Waals surface area contributed by atoms with Gasteiger partial charge in [-0.2, -0.15) is 0 Å². The number of hydrogen-bond acceptors (Lipinski definition) is 4. The molecule has 0 bridgehead atoms. The zero-order valence-corrected chi connectivity index (χ0v) is 17.5. The molecule has 1 rings (SSSR count). The summed E-state index contributed by atoms with van der Waals surface area (Å²) >= 11 is 0. The highest BCUT2D eigenvalue weighted by molar-refractivity contribution is 5.91. The van der Waals surface area contributed by atoms with Crippen molar-refractivity contribution in [2.75, 3.05) is 0 Å². The first kappa shape index (κ1) is 23.6. The molecule has 0 unspecified atom stereocenters. The van der Waals surface area contributed by atoms with E-state index in [4.69, 9.17) is 5.73 Å². The highest BCUT2D eigenvalue weighted by Gasteiger charge is 2.30. The van der Waals surface area contributed by atoms with E-state index in [1.165, 1.54) is 19.3 Å². The summed E-state index contributed by atoms with van der Waals surface area (Å²) in [5, 5.41) is 5.67. The predicted octanol–water partition coefficient (Wildman–Crippen LogP) is 2.54. The summed E-state index contributed by atoms with van der Waals surface area (Å²) in [7, 11) is 0. The molecule has 2 amide bonds. The van der Waals surface area contributed by atoms with Gasteiger partial charge in [0, 0.05) is 0 Å². The zero-order valence-electron chi connectivity index (χ0n) is 17.5. The average molecular weight is 382 g/mol. The summed E-state index contributed by atoms with van der Waals surface area (Å²) in [5.74, 6) is 0.158.